The average Bonchev–Trinajstić information content (AvgIpc) is 3.47. The number of nitrogens with zero attached hydrogens (tertiary/aromatic N) is 1. The van der Waals surface area contributed by atoms with E-state index in [9.17, 15) is 14.7 Å². The molecule has 2 amide bonds. The van der Waals surface area contributed by atoms with Crippen molar-refractivity contribution in [1.82, 2.24) is 15.6 Å². The summed E-state index contributed by atoms with van der Waals surface area (Å²) >= 11 is 0. The Kier molecular flexibility index (Phi) is 5.78. The number of carbonyl (C=O) groups excluding carboxylic acids is 2. The monoisotopic (exact) mass is 345 g/mol. The van der Waals surface area contributed by atoms with Gasteiger partial charge < -0.3 is 20.5 Å². The lowest BCUT2D eigenvalue weighted by Crippen LogP contribution is -2.49. The van der Waals surface area contributed by atoms with E-state index in [4.69, 9.17) is 4.74 Å². The van der Waals surface area contributed by atoms with Crippen LogP contribution in [0.3, 0.4) is 0 Å². The zero-order chi connectivity index (χ0) is 17.6. The van der Waals surface area contributed by atoms with Gasteiger partial charge in [0.25, 0.3) is 0 Å². The SMILES string of the molecule is O=C(C[C@@H]1C=C[C@@H](NC(=O)C2CC2)[C@H](CO)O1)NCc1ccncc1. The van der Waals surface area contributed by atoms with E-state index in [-0.39, 0.29) is 36.8 Å². The molecule has 0 radical (unpaired) electrons. The second kappa shape index (κ2) is 8.22. The van der Waals surface area contributed by atoms with Crippen molar-refractivity contribution >= 4 is 11.8 Å². The number of pyridine rings is 1. The van der Waals surface area contributed by atoms with Crippen LogP contribution in [0.25, 0.3) is 0 Å². The van der Waals surface area contributed by atoms with Crippen LogP contribution in [-0.4, -0.2) is 46.8 Å². The summed E-state index contributed by atoms with van der Waals surface area (Å²) in [6.45, 7) is 0.219. The third-order valence-corrected chi connectivity index (χ3v) is 4.35. The number of hydrogen-bond acceptors (Lipinski definition) is 5. The fourth-order valence-electron chi connectivity index (χ4n) is 2.72. The molecule has 3 rings (SSSR count). The number of carbonyl (C=O) groups is 2. The van der Waals surface area contributed by atoms with E-state index < -0.39 is 12.2 Å². The number of hydrogen-bond donors (Lipinski definition) is 3. The van der Waals surface area contributed by atoms with Gasteiger partial charge in [0, 0.05) is 24.9 Å². The minimum atomic E-state index is -0.536. The van der Waals surface area contributed by atoms with Crippen molar-refractivity contribution in [3.8, 4) is 0 Å². The molecule has 7 nitrogen and oxygen atoms in total. The van der Waals surface area contributed by atoms with Crippen LogP contribution in [0, 0.1) is 5.92 Å². The van der Waals surface area contributed by atoms with Gasteiger partial charge in [-0.05, 0) is 30.5 Å². The van der Waals surface area contributed by atoms with E-state index in [1.807, 2.05) is 18.2 Å². The number of rotatable bonds is 7. The maximum absolute atomic E-state index is 12.1. The minimum absolute atomic E-state index is 0.00486. The summed E-state index contributed by atoms with van der Waals surface area (Å²) in [6, 6.07) is 3.33. The molecule has 1 aliphatic heterocycles. The fraction of sp³-hybridized carbons (Fsp3) is 0.500. The molecule has 1 aliphatic carbocycles. The smallest absolute Gasteiger partial charge is 0.223 e. The first-order valence-corrected chi connectivity index (χ1v) is 8.56. The van der Waals surface area contributed by atoms with Crippen LogP contribution in [0.2, 0.25) is 0 Å². The van der Waals surface area contributed by atoms with E-state index >= 15 is 0 Å². The highest BCUT2D eigenvalue weighted by molar-refractivity contribution is 5.81. The van der Waals surface area contributed by atoms with Crippen molar-refractivity contribution in [1.29, 1.82) is 0 Å². The molecular formula is C18H23N3O4. The molecule has 2 aliphatic rings. The third kappa shape index (κ3) is 5.11. The largest absolute Gasteiger partial charge is 0.394 e. The summed E-state index contributed by atoms with van der Waals surface area (Å²) in [5.74, 6) is -0.0294. The van der Waals surface area contributed by atoms with E-state index in [0.717, 1.165) is 18.4 Å². The van der Waals surface area contributed by atoms with Crippen LogP contribution >= 0.6 is 0 Å². The zero-order valence-electron chi connectivity index (χ0n) is 13.9. The van der Waals surface area contributed by atoms with Crippen molar-refractivity contribution in [2.45, 2.75) is 44.1 Å². The lowest BCUT2D eigenvalue weighted by atomic mass is 10.0. The molecule has 0 unspecified atom stereocenters. The van der Waals surface area contributed by atoms with E-state index in [1.165, 1.54) is 0 Å². The third-order valence-electron chi connectivity index (χ3n) is 4.35. The van der Waals surface area contributed by atoms with Crippen molar-refractivity contribution in [3.05, 3.63) is 42.2 Å². The highest BCUT2D eigenvalue weighted by Gasteiger charge is 2.34. The van der Waals surface area contributed by atoms with Gasteiger partial charge in [-0.1, -0.05) is 12.2 Å². The number of aromatic nitrogens is 1. The predicted molar refractivity (Wildman–Crippen MR) is 90.2 cm³/mol. The number of nitrogens with one attached hydrogen (secondary N) is 2. The summed E-state index contributed by atoms with van der Waals surface area (Å²) < 4.78 is 5.75. The van der Waals surface area contributed by atoms with Gasteiger partial charge in [0.15, 0.2) is 0 Å². The molecule has 3 N–H and O–H groups in total. The van der Waals surface area contributed by atoms with Gasteiger partial charge in [0.05, 0.1) is 25.2 Å². The summed E-state index contributed by atoms with van der Waals surface area (Å²) in [4.78, 5) is 27.9. The van der Waals surface area contributed by atoms with Gasteiger partial charge in [-0.2, -0.15) is 0 Å². The zero-order valence-corrected chi connectivity index (χ0v) is 13.9. The van der Waals surface area contributed by atoms with Crippen LogP contribution in [-0.2, 0) is 20.9 Å². The van der Waals surface area contributed by atoms with Crippen LogP contribution < -0.4 is 10.6 Å². The van der Waals surface area contributed by atoms with Crippen LogP contribution in [0.1, 0.15) is 24.8 Å². The summed E-state index contributed by atoms with van der Waals surface area (Å²) in [5.41, 5.74) is 0.972. The second-order valence-corrected chi connectivity index (χ2v) is 6.43. The van der Waals surface area contributed by atoms with Crippen molar-refractivity contribution in [2.24, 2.45) is 5.92 Å². The van der Waals surface area contributed by atoms with E-state index in [1.54, 1.807) is 18.5 Å². The quantitative estimate of drug-likeness (QED) is 0.617. The molecule has 134 valence electrons. The first-order valence-electron chi connectivity index (χ1n) is 8.56. The standard InChI is InChI=1S/C18H23N3O4/c22-11-16-15(21-18(24)13-1-2-13)4-3-14(25-16)9-17(23)20-10-12-5-7-19-8-6-12/h3-8,13-16,22H,1-2,9-11H2,(H,20,23)(H,21,24)/t14-,15+,16-/m0/s1. The van der Waals surface area contributed by atoms with E-state index in [0.29, 0.717) is 6.54 Å². The first-order chi connectivity index (χ1) is 12.2. The molecule has 0 bridgehead atoms. The van der Waals surface area contributed by atoms with Gasteiger partial charge in [-0.25, -0.2) is 0 Å². The Morgan fingerprint density at radius 3 is 2.68 bits per heavy atom. The molecule has 1 saturated carbocycles. The molecule has 1 aromatic heterocycles. The summed E-state index contributed by atoms with van der Waals surface area (Å²) in [6.07, 6.45) is 8.00. The van der Waals surface area contributed by atoms with Gasteiger partial charge >= 0.3 is 0 Å². The number of aliphatic hydroxyl groups is 1. The molecule has 1 aromatic rings. The molecule has 3 atom stereocenters. The highest BCUT2D eigenvalue weighted by Crippen LogP contribution is 2.29. The minimum Gasteiger partial charge on any atom is -0.394 e. The highest BCUT2D eigenvalue weighted by atomic mass is 16.5. The van der Waals surface area contributed by atoms with Crippen LogP contribution in [0.4, 0.5) is 0 Å². The Labute approximate surface area is 146 Å². The number of amides is 2. The van der Waals surface area contributed by atoms with E-state index in [2.05, 4.69) is 15.6 Å². The fourth-order valence-corrected chi connectivity index (χ4v) is 2.72. The molecule has 0 aromatic carbocycles. The molecule has 1 fully saturated rings. The maximum Gasteiger partial charge on any atom is 0.223 e. The average molecular weight is 345 g/mol. The molecular weight excluding hydrogens is 322 g/mol. The Hall–Kier alpha value is -2.25. The summed E-state index contributed by atoms with van der Waals surface area (Å²) in [7, 11) is 0. The second-order valence-electron chi connectivity index (χ2n) is 6.43. The molecule has 25 heavy (non-hydrogen) atoms. The Morgan fingerprint density at radius 2 is 2.00 bits per heavy atom. The summed E-state index contributed by atoms with van der Waals surface area (Å²) in [5, 5.41) is 15.2. The number of aliphatic hydroxyl groups excluding tert-OH is 1. The van der Waals surface area contributed by atoms with Gasteiger partial charge in [0.2, 0.25) is 11.8 Å². The molecule has 0 saturated heterocycles. The first kappa shape index (κ1) is 17.6. The molecule has 2 heterocycles. The van der Waals surface area contributed by atoms with Crippen LogP contribution in [0.15, 0.2) is 36.7 Å². The van der Waals surface area contributed by atoms with Crippen molar-refractivity contribution < 1.29 is 19.4 Å². The van der Waals surface area contributed by atoms with Crippen LogP contribution in [0.5, 0.6) is 0 Å². The normalized spacial score (nSPS) is 25.4. The topological polar surface area (TPSA) is 101 Å². The number of ether oxygens (including phenoxy) is 1. The predicted octanol–water partition coefficient (Wildman–Crippen LogP) is 0.299. The molecule has 7 heteroatoms. The van der Waals surface area contributed by atoms with Gasteiger partial charge in [0.1, 0.15) is 6.10 Å². The van der Waals surface area contributed by atoms with Gasteiger partial charge in [-0.3, -0.25) is 14.6 Å². The lowest BCUT2D eigenvalue weighted by molar-refractivity contribution is -0.128. The Bertz CT molecular complexity index is 630. The maximum atomic E-state index is 12.1. The Morgan fingerprint density at radius 1 is 1.24 bits per heavy atom. The van der Waals surface area contributed by atoms with Crippen molar-refractivity contribution in [2.75, 3.05) is 6.61 Å². The molecule has 0 spiro atoms. The van der Waals surface area contributed by atoms with Gasteiger partial charge in [-0.15, -0.1) is 0 Å². The Balaban J connectivity index is 1.47. The van der Waals surface area contributed by atoms with Crippen molar-refractivity contribution in [3.63, 3.8) is 0 Å². The lowest BCUT2D eigenvalue weighted by Gasteiger charge is -2.31.